The second-order valence-electron chi connectivity index (χ2n) is 5.79. The Balaban J connectivity index is 1.52. The molecule has 2 nitrogen and oxygen atoms in total. The van der Waals surface area contributed by atoms with Gasteiger partial charge in [0.1, 0.15) is 0 Å². The Labute approximate surface area is 119 Å². The topological polar surface area (TPSA) is 29.5 Å². The smallest absolute Gasteiger partial charge is 0.0687 e. The first-order chi connectivity index (χ1) is 9.30. The lowest BCUT2D eigenvalue weighted by Gasteiger charge is -2.23. The van der Waals surface area contributed by atoms with Gasteiger partial charge in [-0.3, -0.25) is 0 Å². The summed E-state index contributed by atoms with van der Waals surface area (Å²) in [6.45, 7) is 0.122. The van der Waals surface area contributed by atoms with E-state index in [1.165, 1.54) is 43.4 Å². The summed E-state index contributed by atoms with van der Waals surface area (Å²) in [4.78, 5) is 1.24. The lowest BCUT2D eigenvalue weighted by molar-refractivity contribution is -0.0267. The predicted octanol–water partition coefficient (Wildman–Crippen LogP) is 3.76. The lowest BCUT2D eigenvalue weighted by atomic mass is 9.98. The van der Waals surface area contributed by atoms with Gasteiger partial charge in [0, 0.05) is 10.6 Å². The SMILES string of the molecule is OCc1cccc(SCC2CCC3(CCCC3)O2)c1. The summed E-state index contributed by atoms with van der Waals surface area (Å²) in [5.74, 6) is 1.04. The first-order valence-electron chi connectivity index (χ1n) is 7.30. The molecule has 0 amide bonds. The summed E-state index contributed by atoms with van der Waals surface area (Å²) in [5, 5.41) is 9.15. The maximum Gasteiger partial charge on any atom is 0.0687 e. The highest BCUT2D eigenvalue weighted by Crippen LogP contribution is 2.44. The lowest BCUT2D eigenvalue weighted by Crippen LogP contribution is -2.25. The molecule has 1 heterocycles. The molecule has 2 fully saturated rings. The van der Waals surface area contributed by atoms with Crippen LogP contribution in [0.3, 0.4) is 0 Å². The average Bonchev–Trinajstić information content (AvgIpc) is 3.08. The van der Waals surface area contributed by atoms with Crippen LogP contribution in [-0.2, 0) is 11.3 Å². The molecule has 0 bridgehead atoms. The van der Waals surface area contributed by atoms with Crippen LogP contribution >= 0.6 is 11.8 Å². The molecule has 1 aromatic carbocycles. The van der Waals surface area contributed by atoms with E-state index in [4.69, 9.17) is 9.84 Å². The number of ether oxygens (including phenoxy) is 1. The van der Waals surface area contributed by atoms with Gasteiger partial charge in [-0.15, -0.1) is 11.8 Å². The molecule has 0 aromatic heterocycles. The van der Waals surface area contributed by atoms with Crippen molar-refractivity contribution in [2.24, 2.45) is 0 Å². The third-order valence-corrected chi connectivity index (χ3v) is 5.50. The van der Waals surface area contributed by atoms with Crippen LogP contribution in [0.4, 0.5) is 0 Å². The number of aliphatic hydroxyl groups excluding tert-OH is 1. The normalized spacial score (nSPS) is 25.2. The quantitative estimate of drug-likeness (QED) is 0.850. The Morgan fingerprint density at radius 1 is 1.26 bits per heavy atom. The summed E-state index contributed by atoms with van der Waals surface area (Å²) in [6, 6.07) is 8.17. The van der Waals surface area contributed by atoms with Gasteiger partial charge < -0.3 is 9.84 Å². The first-order valence-corrected chi connectivity index (χ1v) is 8.29. The number of hydrogen-bond acceptors (Lipinski definition) is 3. The van der Waals surface area contributed by atoms with Crippen LogP contribution in [0.5, 0.6) is 0 Å². The molecule has 1 saturated carbocycles. The second kappa shape index (κ2) is 5.86. The molecule has 104 valence electrons. The minimum Gasteiger partial charge on any atom is -0.392 e. The van der Waals surface area contributed by atoms with Crippen LogP contribution in [0, 0.1) is 0 Å². The summed E-state index contributed by atoms with van der Waals surface area (Å²) >= 11 is 1.85. The van der Waals surface area contributed by atoms with E-state index in [1.54, 1.807) is 0 Å². The Morgan fingerprint density at radius 2 is 2.11 bits per heavy atom. The molecule has 2 aliphatic rings. The van der Waals surface area contributed by atoms with Crippen LogP contribution in [0.15, 0.2) is 29.2 Å². The van der Waals surface area contributed by atoms with Crippen molar-refractivity contribution in [3.05, 3.63) is 29.8 Å². The Morgan fingerprint density at radius 3 is 2.89 bits per heavy atom. The van der Waals surface area contributed by atoms with Gasteiger partial charge in [-0.05, 0) is 43.4 Å². The van der Waals surface area contributed by atoms with Gasteiger partial charge in [-0.1, -0.05) is 25.0 Å². The van der Waals surface area contributed by atoms with Crippen molar-refractivity contribution in [1.29, 1.82) is 0 Å². The van der Waals surface area contributed by atoms with Crippen molar-refractivity contribution in [3.8, 4) is 0 Å². The van der Waals surface area contributed by atoms with Crippen molar-refractivity contribution < 1.29 is 9.84 Å². The van der Waals surface area contributed by atoms with Crippen LogP contribution < -0.4 is 0 Å². The first kappa shape index (κ1) is 13.5. The van der Waals surface area contributed by atoms with E-state index in [1.807, 2.05) is 23.9 Å². The summed E-state index contributed by atoms with van der Waals surface area (Å²) in [5.41, 5.74) is 1.24. The van der Waals surface area contributed by atoms with Crippen molar-refractivity contribution in [1.82, 2.24) is 0 Å². The van der Waals surface area contributed by atoms with Gasteiger partial charge in [-0.25, -0.2) is 0 Å². The number of hydrogen-bond donors (Lipinski definition) is 1. The van der Waals surface area contributed by atoms with Crippen molar-refractivity contribution >= 4 is 11.8 Å². The fraction of sp³-hybridized carbons (Fsp3) is 0.625. The molecule has 1 saturated heterocycles. The molecular weight excluding hydrogens is 256 g/mol. The third kappa shape index (κ3) is 3.15. The number of thioether (sulfide) groups is 1. The molecule has 3 rings (SSSR count). The number of rotatable bonds is 4. The predicted molar refractivity (Wildman–Crippen MR) is 78.4 cm³/mol. The minimum atomic E-state index is 0.122. The molecule has 1 N–H and O–H groups in total. The molecule has 1 aliphatic heterocycles. The van der Waals surface area contributed by atoms with E-state index >= 15 is 0 Å². The van der Waals surface area contributed by atoms with Gasteiger partial charge in [0.2, 0.25) is 0 Å². The van der Waals surface area contributed by atoms with Crippen LogP contribution in [0.1, 0.15) is 44.1 Å². The fourth-order valence-corrected chi connectivity index (χ4v) is 4.35. The van der Waals surface area contributed by atoms with Crippen LogP contribution in [0.2, 0.25) is 0 Å². The molecule has 3 heteroatoms. The van der Waals surface area contributed by atoms with E-state index in [2.05, 4.69) is 12.1 Å². The molecule has 19 heavy (non-hydrogen) atoms. The van der Waals surface area contributed by atoms with Gasteiger partial charge in [-0.2, -0.15) is 0 Å². The van der Waals surface area contributed by atoms with Crippen molar-refractivity contribution in [2.45, 2.75) is 61.7 Å². The van der Waals surface area contributed by atoms with Crippen LogP contribution in [0.25, 0.3) is 0 Å². The minimum absolute atomic E-state index is 0.122. The van der Waals surface area contributed by atoms with E-state index in [0.29, 0.717) is 6.10 Å². The molecule has 0 radical (unpaired) electrons. The molecule has 1 unspecified atom stereocenters. The van der Waals surface area contributed by atoms with Gasteiger partial charge >= 0.3 is 0 Å². The Hall–Kier alpha value is -0.510. The van der Waals surface area contributed by atoms with E-state index in [0.717, 1.165) is 11.3 Å². The zero-order valence-corrected chi connectivity index (χ0v) is 12.1. The standard InChI is InChI=1S/C16H22O2S/c17-11-13-4-3-5-15(10-13)19-12-14-6-9-16(18-14)7-1-2-8-16/h3-5,10,14,17H,1-2,6-9,11-12H2. The van der Waals surface area contributed by atoms with Gasteiger partial charge in [0.05, 0.1) is 18.3 Å². The summed E-state index contributed by atoms with van der Waals surface area (Å²) in [7, 11) is 0. The maximum absolute atomic E-state index is 9.15. The van der Waals surface area contributed by atoms with Gasteiger partial charge in [0.15, 0.2) is 0 Å². The summed E-state index contributed by atoms with van der Waals surface area (Å²) in [6.07, 6.45) is 8.13. The molecule has 1 aromatic rings. The highest BCUT2D eigenvalue weighted by Gasteiger charge is 2.41. The van der Waals surface area contributed by atoms with E-state index in [9.17, 15) is 0 Å². The van der Waals surface area contributed by atoms with E-state index < -0.39 is 0 Å². The highest BCUT2D eigenvalue weighted by molar-refractivity contribution is 7.99. The monoisotopic (exact) mass is 278 g/mol. The molecule has 1 atom stereocenters. The number of benzene rings is 1. The summed E-state index contributed by atoms with van der Waals surface area (Å²) < 4.78 is 6.32. The zero-order valence-electron chi connectivity index (χ0n) is 11.3. The van der Waals surface area contributed by atoms with Crippen molar-refractivity contribution in [3.63, 3.8) is 0 Å². The molecule has 1 aliphatic carbocycles. The Kier molecular flexibility index (Phi) is 4.15. The van der Waals surface area contributed by atoms with Crippen molar-refractivity contribution in [2.75, 3.05) is 5.75 Å². The highest BCUT2D eigenvalue weighted by atomic mass is 32.2. The zero-order chi connectivity index (χ0) is 13.1. The molecular formula is C16H22O2S. The fourth-order valence-electron chi connectivity index (χ4n) is 3.32. The Bertz CT molecular complexity index is 427. The average molecular weight is 278 g/mol. The van der Waals surface area contributed by atoms with E-state index in [-0.39, 0.29) is 12.2 Å². The van der Waals surface area contributed by atoms with Gasteiger partial charge in [0.25, 0.3) is 0 Å². The second-order valence-corrected chi connectivity index (χ2v) is 6.88. The maximum atomic E-state index is 9.15. The largest absolute Gasteiger partial charge is 0.392 e. The molecule has 1 spiro atoms. The number of aliphatic hydroxyl groups is 1. The van der Waals surface area contributed by atoms with Crippen LogP contribution in [-0.4, -0.2) is 22.6 Å². The third-order valence-electron chi connectivity index (χ3n) is 4.37.